The highest BCUT2D eigenvalue weighted by atomic mass is 79.9. The number of nitrogens with zero attached hydrogens (tertiary/aromatic N) is 4. The number of para-hydroxylation sites is 1. The lowest BCUT2D eigenvalue weighted by molar-refractivity contribution is -0.387. The van der Waals surface area contributed by atoms with Gasteiger partial charge < -0.3 is 10.5 Å². The van der Waals surface area contributed by atoms with Gasteiger partial charge in [-0.3, -0.25) is 20.2 Å². The van der Waals surface area contributed by atoms with Crippen LogP contribution in [0.25, 0.3) is 0 Å². The van der Waals surface area contributed by atoms with E-state index in [1.807, 2.05) is 0 Å². The molecule has 0 aliphatic carbocycles. The fraction of sp³-hybridized carbons (Fsp3) is 0. The normalized spacial score (nSPS) is 10.1. The zero-order chi connectivity index (χ0) is 15.6. The van der Waals surface area contributed by atoms with Crippen LogP contribution in [-0.4, -0.2) is 19.8 Å². The summed E-state index contributed by atoms with van der Waals surface area (Å²) in [6.45, 7) is 0. The van der Waals surface area contributed by atoms with Gasteiger partial charge >= 0.3 is 17.3 Å². The molecule has 0 aliphatic rings. The largest absolute Gasteiger partial charge is 0.425 e. The predicted octanol–water partition coefficient (Wildman–Crippen LogP) is 2.43. The second-order valence-corrected chi connectivity index (χ2v) is 4.48. The molecule has 10 nitrogen and oxygen atoms in total. The molecule has 0 saturated heterocycles. The van der Waals surface area contributed by atoms with E-state index in [9.17, 15) is 20.2 Å². The van der Waals surface area contributed by atoms with E-state index in [1.54, 1.807) is 0 Å². The van der Waals surface area contributed by atoms with Crippen LogP contribution in [0.2, 0.25) is 0 Å². The van der Waals surface area contributed by atoms with Crippen LogP contribution in [0, 0.1) is 20.2 Å². The van der Waals surface area contributed by atoms with Crippen molar-refractivity contribution in [3.05, 3.63) is 49.1 Å². The van der Waals surface area contributed by atoms with Crippen molar-refractivity contribution in [2.75, 3.05) is 5.73 Å². The van der Waals surface area contributed by atoms with Gasteiger partial charge in [-0.2, -0.15) is 4.98 Å². The first-order valence-electron chi connectivity index (χ1n) is 5.28. The third-order valence-corrected chi connectivity index (χ3v) is 2.92. The minimum absolute atomic E-state index is 0.219. The van der Waals surface area contributed by atoms with Crippen LogP contribution in [0.3, 0.4) is 0 Å². The summed E-state index contributed by atoms with van der Waals surface area (Å²) in [7, 11) is 0. The zero-order valence-corrected chi connectivity index (χ0v) is 11.7. The van der Waals surface area contributed by atoms with E-state index in [4.69, 9.17) is 10.5 Å². The Morgan fingerprint density at radius 1 is 1.19 bits per heavy atom. The van der Waals surface area contributed by atoms with Crippen LogP contribution in [0.1, 0.15) is 0 Å². The maximum atomic E-state index is 11.0. The summed E-state index contributed by atoms with van der Waals surface area (Å²) in [6.07, 6.45) is 0.861. The Kier molecular flexibility index (Phi) is 3.93. The Balaban J connectivity index is 2.55. The minimum Gasteiger partial charge on any atom is -0.425 e. The Labute approximate surface area is 125 Å². The average Bonchev–Trinajstić information content (AvgIpc) is 2.40. The van der Waals surface area contributed by atoms with Crippen molar-refractivity contribution >= 4 is 33.3 Å². The van der Waals surface area contributed by atoms with Gasteiger partial charge in [0.05, 0.1) is 14.3 Å². The Morgan fingerprint density at radius 2 is 1.86 bits per heavy atom. The summed E-state index contributed by atoms with van der Waals surface area (Å²) in [6, 6.07) is 4.10. The van der Waals surface area contributed by atoms with Gasteiger partial charge in [0.1, 0.15) is 6.20 Å². The summed E-state index contributed by atoms with van der Waals surface area (Å²) >= 11 is 3.08. The molecule has 0 radical (unpaired) electrons. The fourth-order valence-electron chi connectivity index (χ4n) is 1.41. The summed E-state index contributed by atoms with van der Waals surface area (Å²) < 4.78 is 5.45. The molecule has 0 bridgehead atoms. The highest BCUT2D eigenvalue weighted by Crippen LogP contribution is 2.39. The molecule has 0 spiro atoms. The van der Waals surface area contributed by atoms with E-state index in [0.29, 0.717) is 0 Å². The number of anilines is 1. The summed E-state index contributed by atoms with van der Waals surface area (Å²) in [5, 5.41) is 21.8. The average molecular weight is 356 g/mol. The number of nitrogen functional groups attached to an aromatic ring is 1. The van der Waals surface area contributed by atoms with Gasteiger partial charge in [-0.1, -0.05) is 6.07 Å². The number of nitrogens with two attached hydrogens (primary N) is 1. The lowest BCUT2D eigenvalue weighted by Gasteiger charge is -2.07. The van der Waals surface area contributed by atoms with Crippen molar-refractivity contribution in [1.29, 1.82) is 0 Å². The summed E-state index contributed by atoms with van der Waals surface area (Å²) in [5.41, 5.74) is 4.41. The van der Waals surface area contributed by atoms with E-state index in [0.717, 1.165) is 6.20 Å². The Morgan fingerprint density at radius 3 is 2.48 bits per heavy atom. The summed E-state index contributed by atoms with van der Waals surface area (Å²) in [5.74, 6) is -0.962. The van der Waals surface area contributed by atoms with Crippen LogP contribution in [0.15, 0.2) is 28.9 Å². The van der Waals surface area contributed by atoms with Gasteiger partial charge in [0.2, 0.25) is 11.7 Å². The van der Waals surface area contributed by atoms with Crippen LogP contribution < -0.4 is 10.5 Å². The highest BCUT2D eigenvalue weighted by Gasteiger charge is 2.25. The molecule has 2 N–H and O–H groups in total. The minimum atomic E-state index is -0.780. The number of hydrogen-bond donors (Lipinski definition) is 1. The molecule has 21 heavy (non-hydrogen) atoms. The van der Waals surface area contributed by atoms with Crippen LogP contribution >= 0.6 is 15.9 Å². The van der Waals surface area contributed by atoms with Crippen molar-refractivity contribution in [2.45, 2.75) is 0 Å². The number of halogens is 1. The van der Waals surface area contributed by atoms with E-state index in [2.05, 4.69) is 25.9 Å². The third-order valence-electron chi connectivity index (χ3n) is 2.29. The van der Waals surface area contributed by atoms with Gasteiger partial charge in [-0.25, -0.2) is 4.98 Å². The monoisotopic (exact) mass is 355 g/mol. The zero-order valence-electron chi connectivity index (χ0n) is 10.1. The number of benzene rings is 1. The molecule has 0 unspecified atom stereocenters. The Hall–Kier alpha value is -2.82. The smallest absolute Gasteiger partial charge is 0.349 e. The van der Waals surface area contributed by atoms with Crippen molar-refractivity contribution in [2.24, 2.45) is 0 Å². The van der Waals surface area contributed by atoms with E-state index in [1.165, 1.54) is 18.2 Å². The van der Waals surface area contributed by atoms with Gasteiger partial charge in [-0.05, 0) is 22.0 Å². The lowest BCUT2D eigenvalue weighted by Crippen LogP contribution is -2.02. The number of hydrogen-bond acceptors (Lipinski definition) is 8. The Bertz CT molecular complexity index is 738. The number of nitro benzene ring substituents is 1. The molecule has 1 heterocycles. The fourth-order valence-corrected chi connectivity index (χ4v) is 1.85. The molecular weight excluding hydrogens is 350 g/mol. The van der Waals surface area contributed by atoms with Crippen LogP contribution in [0.4, 0.5) is 17.3 Å². The molecule has 0 amide bonds. The first kappa shape index (κ1) is 14.6. The van der Waals surface area contributed by atoms with Gasteiger partial charge in [0, 0.05) is 6.07 Å². The molecule has 2 rings (SSSR count). The molecule has 1 aromatic carbocycles. The van der Waals surface area contributed by atoms with E-state index in [-0.39, 0.29) is 21.9 Å². The maximum Gasteiger partial charge on any atom is 0.349 e. The van der Waals surface area contributed by atoms with Gasteiger partial charge in [0.25, 0.3) is 0 Å². The first-order chi connectivity index (χ1) is 9.90. The molecule has 0 atom stereocenters. The number of nitro groups is 2. The van der Waals surface area contributed by atoms with Gasteiger partial charge in [0.15, 0.2) is 0 Å². The van der Waals surface area contributed by atoms with E-state index < -0.39 is 21.4 Å². The quantitative estimate of drug-likeness (QED) is 0.649. The van der Waals surface area contributed by atoms with Crippen LogP contribution in [0.5, 0.6) is 11.6 Å². The SMILES string of the molecule is Nc1ncc([N+](=O)[O-])c(Oc2c(Br)cccc2[N+](=O)[O-])n1. The van der Waals surface area contributed by atoms with E-state index >= 15 is 0 Å². The first-order valence-corrected chi connectivity index (χ1v) is 6.07. The lowest BCUT2D eigenvalue weighted by atomic mass is 10.3. The second-order valence-electron chi connectivity index (χ2n) is 3.62. The van der Waals surface area contributed by atoms with Crippen molar-refractivity contribution in [3.8, 4) is 11.6 Å². The molecule has 0 fully saturated rings. The number of rotatable bonds is 4. The molecule has 1 aromatic heterocycles. The maximum absolute atomic E-state index is 11.0. The molecule has 11 heteroatoms. The summed E-state index contributed by atoms with van der Waals surface area (Å²) in [4.78, 5) is 27.5. The molecule has 2 aromatic rings. The second kappa shape index (κ2) is 5.66. The molecule has 0 aliphatic heterocycles. The molecule has 108 valence electrons. The van der Waals surface area contributed by atoms with Crippen molar-refractivity contribution in [1.82, 2.24) is 9.97 Å². The standard InChI is InChI=1S/C10H6BrN5O5/c11-5-2-1-3-6(15(17)18)8(5)21-9-7(16(19)20)4-13-10(12)14-9/h1-4H,(H2,12,13,14). The highest BCUT2D eigenvalue weighted by molar-refractivity contribution is 9.10. The van der Waals surface area contributed by atoms with Gasteiger partial charge in [-0.15, -0.1) is 0 Å². The van der Waals surface area contributed by atoms with Crippen LogP contribution in [-0.2, 0) is 0 Å². The third kappa shape index (κ3) is 3.02. The molecule has 0 saturated carbocycles. The predicted molar refractivity (Wildman–Crippen MR) is 74.0 cm³/mol. The topological polar surface area (TPSA) is 147 Å². The van der Waals surface area contributed by atoms with Crippen molar-refractivity contribution < 1.29 is 14.6 Å². The number of ether oxygens (including phenoxy) is 1. The number of aromatic nitrogens is 2. The molecular formula is C10H6BrN5O5. The van der Waals surface area contributed by atoms with Crippen molar-refractivity contribution in [3.63, 3.8) is 0 Å².